The molecule has 0 aromatic heterocycles. The average molecular weight is 267 g/mol. The van der Waals surface area contributed by atoms with Crippen LogP contribution in [0.2, 0.25) is 0 Å². The summed E-state index contributed by atoms with van der Waals surface area (Å²) in [5.41, 5.74) is 0.813. The number of ether oxygens (including phenoxy) is 2. The van der Waals surface area contributed by atoms with E-state index < -0.39 is 4.92 Å². The average Bonchev–Trinajstić information content (AvgIpc) is 2.33. The van der Waals surface area contributed by atoms with Crippen LogP contribution in [-0.2, 0) is 10.2 Å². The molecule has 0 N–H and O–H groups in total. The Labute approximate surface area is 113 Å². The number of rotatable bonds is 6. The van der Waals surface area contributed by atoms with Crippen molar-refractivity contribution in [1.29, 1.82) is 0 Å². The molecule has 0 unspecified atom stereocenters. The zero-order valence-corrected chi connectivity index (χ0v) is 11.9. The van der Waals surface area contributed by atoms with Crippen molar-refractivity contribution >= 4 is 5.69 Å². The Hall–Kier alpha value is -1.62. The molecule has 0 heterocycles. The van der Waals surface area contributed by atoms with E-state index in [0.29, 0.717) is 25.4 Å². The quantitative estimate of drug-likeness (QED) is 0.450. The Morgan fingerprint density at radius 3 is 2.47 bits per heavy atom. The first-order valence-corrected chi connectivity index (χ1v) is 6.27. The van der Waals surface area contributed by atoms with Crippen LogP contribution in [0.4, 0.5) is 5.69 Å². The molecule has 0 bridgehead atoms. The maximum Gasteiger partial charge on any atom is 0.311 e. The van der Waals surface area contributed by atoms with Gasteiger partial charge in [0, 0.05) is 26.2 Å². The third kappa shape index (κ3) is 4.52. The lowest BCUT2D eigenvalue weighted by Gasteiger charge is -2.19. The Kier molecular flexibility index (Phi) is 5.30. The second kappa shape index (κ2) is 6.52. The molecule has 0 atom stereocenters. The molecular weight excluding hydrogens is 246 g/mol. The lowest BCUT2D eigenvalue weighted by Crippen LogP contribution is -2.12. The molecule has 0 saturated heterocycles. The molecule has 106 valence electrons. The molecule has 1 aromatic carbocycles. The third-order valence-electron chi connectivity index (χ3n) is 2.77. The molecule has 5 nitrogen and oxygen atoms in total. The number of nitro groups is 1. The normalized spacial score (nSPS) is 11.4. The summed E-state index contributed by atoms with van der Waals surface area (Å²) in [4.78, 5) is 10.7. The smallest absolute Gasteiger partial charge is 0.311 e. The first-order valence-electron chi connectivity index (χ1n) is 6.27. The van der Waals surface area contributed by atoms with E-state index in [9.17, 15) is 10.1 Å². The number of hydrogen-bond donors (Lipinski definition) is 0. The van der Waals surface area contributed by atoms with E-state index in [-0.39, 0.29) is 11.1 Å². The lowest BCUT2D eigenvalue weighted by molar-refractivity contribution is -0.386. The Morgan fingerprint density at radius 2 is 1.95 bits per heavy atom. The summed E-state index contributed by atoms with van der Waals surface area (Å²) in [7, 11) is 1.61. The van der Waals surface area contributed by atoms with Crippen LogP contribution in [0.3, 0.4) is 0 Å². The minimum atomic E-state index is -0.402. The van der Waals surface area contributed by atoms with Crippen LogP contribution in [0.25, 0.3) is 0 Å². The van der Waals surface area contributed by atoms with Crippen LogP contribution >= 0.6 is 0 Å². The highest BCUT2D eigenvalue weighted by Crippen LogP contribution is 2.32. The summed E-state index contributed by atoms with van der Waals surface area (Å²) in [5.74, 6) is 0.314. The van der Waals surface area contributed by atoms with Crippen molar-refractivity contribution < 1.29 is 14.4 Å². The second-order valence-corrected chi connectivity index (χ2v) is 5.38. The zero-order chi connectivity index (χ0) is 14.5. The Balaban J connectivity index is 2.90. The van der Waals surface area contributed by atoms with Gasteiger partial charge in [-0.2, -0.15) is 0 Å². The number of benzene rings is 1. The summed E-state index contributed by atoms with van der Waals surface area (Å²) in [6, 6.07) is 5.13. The predicted octanol–water partition coefficient (Wildman–Crippen LogP) is 3.31. The zero-order valence-electron chi connectivity index (χ0n) is 11.9. The summed E-state index contributed by atoms with van der Waals surface area (Å²) in [6.45, 7) is 7.04. The third-order valence-corrected chi connectivity index (χ3v) is 2.77. The van der Waals surface area contributed by atoms with E-state index in [4.69, 9.17) is 9.47 Å². The van der Waals surface area contributed by atoms with E-state index in [1.54, 1.807) is 19.2 Å². The molecule has 0 fully saturated rings. The Bertz CT molecular complexity index is 438. The molecule has 0 aliphatic heterocycles. The van der Waals surface area contributed by atoms with Gasteiger partial charge in [0.2, 0.25) is 0 Å². The van der Waals surface area contributed by atoms with E-state index in [1.165, 1.54) is 0 Å². The van der Waals surface area contributed by atoms with Crippen molar-refractivity contribution in [2.45, 2.75) is 32.6 Å². The fourth-order valence-electron chi connectivity index (χ4n) is 1.63. The number of nitro benzene ring substituents is 1. The fourth-order valence-corrected chi connectivity index (χ4v) is 1.63. The van der Waals surface area contributed by atoms with Crippen LogP contribution in [0, 0.1) is 10.1 Å². The highest BCUT2D eigenvalue weighted by Gasteiger charge is 2.21. The molecule has 0 amide bonds. The van der Waals surface area contributed by atoms with Gasteiger partial charge in [-0.05, 0) is 17.0 Å². The van der Waals surface area contributed by atoms with E-state index >= 15 is 0 Å². The van der Waals surface area contributed by atoms with Gasteiger partial charge < -0.3 is 9.47 Å². The molecule has 0 saturated carbocycles. The highest BCUT2D eigenvalue weighted by molar-refractivity contribution is 5.50. The molecule has 0 aliphatic carbocycles. The van der Waals surface area contributed by atoms with E-state index in [0.717, 1.165) is 5.56 Å². The van der Waals surface area contributed by atoms with E-state index in [2.05, 4.69) is 0 Å². The molecule has 5 heteroatoms. The molecule has 0 radical (unpaired) electrons. The van der Waals surface area contributed by atoms with Crippen molar-refractivity contribution in [3.8, 4) is 5.75 Å². The molecule has 1 aromatic rings. The first kappa shape index (κ1) is 15.4. The largest absolute Gasteiger partial charge is 0.487 e. The number of hydrogen-bond acceptors (Lipinski definition) is 4. The van der Waals surface area contributed by atoms with Crippen molar-refractivity contribution in [1.82, 2.24) is 0 Å². The first-order chi connectivity index (χ1) is 8.86. The number of methoxy groups -OCH3 is 1. The van der Waals surface area contributed by atoms with Gasteiger partial charge >= 0.3 is 5.69 Å². The van der Waals surface area contributed by atoms with Gasteiger partial charge in [0.05, 0.1) is 11.5 Å². The number of nitrogens with zero attached hydrogens (tertiary/aromatic N) is 1. The lowest BCUT2D eigenvalue weighted by atomic mass is 9.87. The minimum Gasteiger partial charge on any atom is -0.487 e. The SMILES string of the molecule is COCCCOc1ccc(C(C)(C)C)cc1[N+](=O)[O-]. The van der Waals surface area contributed by atoms with Gasteiger partial charge in [0.1, 0.15) is 0 Å². The minimum absolute atomic E-state index is 0.0184. The van der Waals surface area contributed by atoms with Gasteiger partial charge in [0.15, 0.2) is 5.75 Å². The van der Waals surface area contributed by atoms with Gasteiger partial charge in [-0.3, -0.25) is 10.1 Å². The standard InChI is InChI=1S/C14H21NO4/c1-14(2,3)11-6-7-13(12(10-11)15(16)17)19-9-5-8-18-4/h6-7,10H,5,8-9H2,1-4H3. The summed E-state index contributed by atoms with van der Waals surface area (Å²) >= 11 is 0. The van der Waals surface area contributed by atoms with Gasteiger partial charge in [0.25, 0.3) is 0 Å². The fraction of sp³-hybridized carbons (Fsp3) is 0.571. The van der Waals surface area contributed by atoms with Crippen LogP contribution in [-0.4, -0.2) is 25.2 Å². The van der Waals surface area contributed by atoms with Crippen LogP contribution < -0.4 is 4.74 Å². The maximum absolute atomic E-state index is 11.1. The molecule has 0 spiro atoms. The topological polar surface area (TPSA) is 61.6 Å². The highest BCUT2D eigenvalue weighted by atomic mass is 16.6. The molecule has 1 rings (SSSR count). The molecule has 0 aliphatic rings. The monoisotopic (exact) mass is 267 g/mol. The Morgan fingerprint density at radius 1 is 1.26 bits per heavy atom. The summed E-state index contributed by atoms with van der Waals surface area (Å²) in [5, 5.41) is 11.1. The molecular formula is C14H21NO4. The van der Waals surface area contributed by atoms with Crippen LogP contribution in [0.15, 0.2) is 18.2 Å². The van der Waals surface area contributed by atoms with Gasteiger partial charge in [-0.1, -0.05) is 26.8 Å². The van der Waals surface area contributed by atoms with Gasteiger partial charge in [-0.25, -0.2) is 0 Å². The van der Waals surface area contributed by atoms with Crippen molar-refractivity contribution in [3.05, 3.63) is 33.9 Å². The van der Waals surface area contributed by atoms with Crippen molar-refractivity contribution in [2.75, 3.05) is 20.3 Å². The van der Waals surface area contributed by atoms with Crippen molar-refractivity contribution in [2.24, 2.45) is 0 Å². The van der Waals surface area contributed by atoms with Crippen molar-refractivity contribution in [3.63, 3.8) is 0 Å². The summed E-state index contributed by atoms with van der Waals surface area (Å²) in [6.07, 6.45) is 0.703. The van der Waals surface area contributed by atoms with E-state index in [1.807, 2.05) is 26.8 Å². The van der Waals surface area contributed by atoms with Gasteiger partial charge in [-0.15, -0.1) is 0 Å². The maximum atomic E-state index is 11.1. The summed E-state index contributed by atoms with van der Waals surface area (Å²) < 4.78 is 10.4. The van der Waals surface area contributed by atoms with Crippen LogP contribution in [0.1, 0.15) is 32.8 Å². The predicted molar refractivity (Wildman–Crippen MR) is 73.8 cm³/mol. The second-order valence-electron chi connectivity index (χ2n) is 5.38. The van der Waals surface area contributed by atoms with Crippen LogP contribution in [0.5, 0.6) is 5.75 Å². The molecule has 19 heavy (non-hydrogen) atoms.